The number of aliphatic imine (C=N–C) groups is 1. The molecular weight excluding hydrogens is 407 g/mol. The number of nitrogens with zero attached hydrogens (tertiary/aromatic N) is 5. The van der Waals surface area contributed by atoms with Gasteiger partial charge in [-0.05, 0) is 25.8 Å². The normalized spacial score (nSPS) is 18.9. The van der Waals surface area contributed by atoms with Crippen LogP contribution >= 0.6 is 24.0 Å². The molecular formula is C15H25IN6O. The molecule has 0 saturated carbocycles. The van der Waals surface area contributed by atoms with Crippen molar-refractivity contribution in [1.82, 2.24) is 14.9 Å². The quantitative estimate of drug-likeness (QED) is 0.439. The summed E-state index contributed by atoms with van der Waals surface area (Å²) < 4.78 is 5.32. The Bertz CT molecular complexity index is 541. The first kappa shape index (κ1) is 18.2. The Balaban J connectivity index is 0.00000192. The molecule has 2 N–H and O–H groups in total. The van der Waals surface area contributed by atoms with Crippen molar-refractivity contribution in [3.05, 3.63) is 17.5 Å². The summed E-state index contributed by atoms with van der Waals surface area (Å²) in [7, 11) is 0. The Hall–Kier alpha value is -1.16. The van der Waals surface area contributed by atoms with Crippen LogP contribution < -0.4 is 10.6 Å². The number of morpholine rings is 1. The van der Waals surface area contributed by atoms with Gasteiger partial charge in [-0.2, -0.15) is 0 Å². The van der Waals surface area contributed by atoms with Crippen LogP contribution in [0.25, 0.3) is 0 Å². The van der Waals surface area contributed by atoms with Crippen molar-refractivity contribution in [2.24, 2.45) is 10.7 Å². The summed E-state index contributed by atoms with van der Waals surface area (Å²) >= 11 is 0. The van der Waals surface area contributed by atoms with Gasteiger partial charge < -0.3 is 20.3 Å². The molecule has 0 unspecified atom stereocenters. The van der Waals surface area contributed by atoms with Crippen LogP contribution in [-0.4, -0.2) is 60.2 Å². The van der Waals surface area contributed by atoms with Gasteiger partial charge in [0, 0.05) is 31.9 Å². The molecule has 0 atom stereocenters. The number of guanidine groups is 1. The van der Waals surface area contributed by atoms with E-state index >= 15 is 0 Å². The molecule has 0 aliphatic carbocycles. The van der Waals surface area contributed by atoms with Crippen molar-refractivity contribution < 1.29 is 4.74 Å². The summed E-state index contributed by atoms with van der Waals surface area (Å²) in [5.41, 5.74) is 7.96. The van der Waals surface area contributed by atoms with Gasteiger partial charge in [-0.3, -0.25) is 0 Å². The Morgan fingerprint density at radius 3 is 2.61 bits per heavy atom. The summed E-state index contributed by atoms with van der Waals surface area (Å²) in [6.07, 6.45) is 2.43. The van der Waals surface area contributed by atoms with Crippen LogP contribution in [0, 0.1) is 6.92 Å². The van der Waals surface area contributed by atoms with Gasteiger partial charge in [-0.25, -0.2) is 15.0 Å². The van der Waals surface area contributed by atoms with Crippen LogP contribution in [0.1, 0.15) is 24.2 Å². The average Bonchev–Trinajstić information content (AvgIpc) is 3.07. The topological polar surface area (TPSA) is 79.9 Å². The van der Waals surface area contributed by atoms with Crippen molar-refractivity contribution in [2.45, 2.75) is 26.3 Å². The van der Waals surface area contributed by atoms with E-state index < -0.39 is 0 Å². The van der Waals surface area contributed by atoms with Gasteiger partial charge in [0.15, 0.2) is 5.96 Å². The van der Waals surface area contributed by atoms with Gasteiger partial charge in [0.1, 0.15) is 0 Å². The lowest BCUT2D eigenvalue weighted by molar-refractivity contribution is 0.0674. The van der Waals surface area contributed by atoms with Crippen LogP contribution in [0.3, 0.4) is 0 Å². The fourth-order valence-corrected chi connectivity index (χ4v) is 2.81. The number of anilines is 1. The van der Waals surface area contributed by atoms with Crippen LogP contribution in [0.4, 0.5) is 5.95 Å². The van der Waals surface area contributed by atoms with Crippen molar-refractivity contribution in [3.8, 4) is 0 Å². The predicted molar refractivity (Wildman–Crippen MR) is 101 cm³/mol. The number of rotatable bonds is 3. The second-order valence-corrected chi connectivity index (χ2v) is 5.77. The zero-order chi connectivity index (χ0) is 15.4. The molecule has 0 amide bonds. The van der Waals surface area contributed by atoms with Crippen LogP contribution in [0.2, 0.25) is 0 Å². The molecule has 0 bridgehead atoms. The standard InChI is InChI=1S/C15H24N6O.HI/c1-12-10-13(19-15(18-12)21-4-2-3-5-21)11-17-14(16)20-6-8-22-9-7-20;/h10H,2-9,11H2,1H3,(H2,16,17);1H. The molecule has 1 aromatic rings. The summed E-state index contributed by atoms with van der Waals surface area (Å²) in [5.74, 6) is 1.40. The van der Waals surface area contributed by atoms with Crippen LogP contribution in [0.5, 0.6) is 0 Å². The number of aromatic nitrogens is 2. The van der Waals surface area contributed by atoms with E-state index in [1.807, 2.05) is 13.0 Å². The number of halogens is 1. The second kappa shape index (κ2) is 8.62. The van der Waals surface area contributed by atoms with Crippen molar-refractivity contribution in [1.29, 1.82) is 0 Å². The Labute approximate surface area is 154 Å². The van der Waals surface area contributed by atoms with Gasteiger partial charge >= 0.3 is 0 Å². The zero-order valence-corrected chi connectivity index (χ0v) is 15.9. The SMILES string of the molecule is Cc1cc(CN=C(N)N2CCOCC2)nc(N2CCCC2)n1.I. The number of nitrogens with two attached hydrogens (primary N) is 1. The molecule has 0 radical (unpaired) electrons. The maximum Gasteiger partial charge on any atom is 0.225 e. The van der Waals surface area contributed by atoms with E-state index in [0.29, 0.717) is 25.7 Å². The highest BCUT2D eigenvalue weighted by atomic mass is 127. The highest BCUT2D eigenvalue weighted by Gasteiger charge is 2.16. The molecule has 3 rings (SSSR count). The van der Waals surface area contributed by atoms with Crippen LogP contribution in [-0.2, 0) is 11.3 Å². The molecule has 1 aromatic heterocycles. The maximum atomic E-state index is 6.06. The van der Waals surface area contributed by atoms with E-state index in [2.05, 4.69) is 24.8 Å². The largest absolute Gasteiger partial charge is 0.378 e. The third-order valence-corrected chi connectivity index (χ3v) is 4.02. The molecule has 2 aliphatic heterocycles. The highest BCUT2D eigenvalue weighted by Crippen LogP contribution is 2.17. The molecule has 23 heavy (non-hydrogen) atoms. The summed E-state index contributed by atoms with van der Waals surface area (Å²) in [4.78, 5) is 18.0. The fourth-order valence-electron chi connectivity index (χ4n) is 2.81. The summed E-state index contributed by atoms with van der Waals surface area (Å²) in [5, 5.41) is 0. The van der Waals surface area contributed by atoms with Gasteiger partial charge in [0.05, 0.1) is 25.5 Å². The number of hydrogen-bond donors (Lipinski definition) is 1. The molecule has 2 saturated heterocycles. The molecule has 2 fully saturated rings. The van der Waals surface area contributed by atoms with E-state index in [4.69, 9.17) is 10.5 Å². The molecule has 7 nitrogen and oxygen atoms in total. The minimum absolute atomic E-state index is 0. The Morgan fingerprint density at radius 1 is 1.22 bits per heavy atom. The third kappa shape index (κ3) is 4.90. The van der Waals surface area contributed by atoms with Crippen LogP contribution in [0.15, 0.2) is 11.1 Å². The summed E-state index contributed by atoms with van der Waals surface area (Å²) in [6, 6.07) is 1.98. The third-order valence-electron chi connectivity index (χ3n) is 4.02. The first-order valence-electron chi connectivity index (χ1n) is 7.94. The maximum absolute atomic E-state index is 6.06. The smallest absolute Gasteiger partial charge is 0.225 e. The second-order valence-electron chi connectivity index (χ2n) is 5.77. The Morgan fingerprint density at radius 2 is 1.91 bits per heavy atom. The van der Waals surface area contributed by atoms with E-state index in [0.717, 1.165) is 43.5 Å². The monoisotopic (exact) mass is 432 g/mol. The zero-order valence-electron chi connectivity index (χ0n) is 13.6. The van der Waals surface area contributed by atoms with Crippen molar-refractivity contribution in [3.63, 3.8) is 0 Å². The molecule has 0 aromatic carbocycles. The molecule has 2 aliphatic rings. The number of hydrogen-bond acceptors (Lipinski definition) is 5. The molecule has 128 valence electrons. The Kier molecular flexibility index (Phi) is 6.82. The van der Waals surface area contributed by atoms with E-state index in [1.54, 1.807) is 0 Å². The molecule has 0 spiro atoms. The van der Waals surface area contributed by atoms with E-state index in [9.17, 15) is 0 Å². The first-order chi connectivity index (χ1) is 10.7. The average molecular weight is 432 g/mol. The van der Waals surface area contributed by atoms with Crippen molar-refractivity contribution >= 4 is 35.9 Å². The fraction of sp³-hybridized carbons (Fsp3) is 0.667. The number of ether oxygens (including phenoxy) is 1. The van der Waals surface area contributed by atoms with Crippen molar-refractivity contribution in [2.75, 3.05) is 44.3 Å². The lowest BCUT2D eigenvalue weighted by Crippen LogP contribution is -2.44. The van der Waals surface area contributed by atoms with E-state index in [1.165, 1.54) is 12.8 Å². The van der Waals surface area contributed by atoms with E-state index in [-0.39, 0.29) is 24.0 Å². The van der Waals surface area contributed by atoms with Gasteiger partial charge in [-0.15, -0.1) is 24.0 Å². The van der Waals surface area contributed by atoms with Gasteiger partial charge in [0.25, 0.3) is 0 Å². The van der Waals surface area contributed by atoms with Gasteiger partial charge in [0.2, 0.25) is 5.95 Å². The molecule has 8 heteroatoms. The number of aryl methyl sites for hydroxylation is 1. The summed E-state index contributed by atoms with van der Waals surface area (Å²) in [6.45, 7) is 7.61. The predicted octanol–water partition coefficient (Wildman–Crippen LogP) is 1.15. The van der Waals surface area contributed by atoms with Gasteiger partial charge in [-0.1, -0.05) is 0 Å². The lowest BCUT2D eigenvalue weighted by atomic mass is 10.3. The minimum Gasteiger partial charge on any atom is -0.378 e. The molecule has 3 heterocycles. The highest BCUT2D eigenvalue weighted by molar-refractivity contribution is 14.0. The first-order valence-corrected chi connectivity index (χ1v) is 7.94. The minimum atomic E-state index is 0. The lowest BCUT2D eigenvalue weighted by Gasteiger charge is -2.27.